The standard InChI is InChI=1S/C76H62N2O/c1-75(2,3)69-31-19-29-65(55-25-15-9-16-26-55)73(69)77(61-39-33-53(34-40-61)51-21-11-7-12-22-51)63-43-37-57-47-67-68-48-58-38-44-64(46-60(58)50-72(68)79-71(67)49-59(57)45-63)78(62-41-35-54(36-42-62)52-23-13-8-14-24-52)74-66(56-27-17-10-18-28-56)30-20-32-70(74)76(4,5)6/h7-50H,1-6H3. The van der Waals surface area contributed by atoms with Crippen LogP contribution in [0.4, 0.5) is 34.1 Å². The molecule has 3 nitrogen and oxygen atoms in total. The molecule has 0 aliphatic carbocycles. The van der Waals surface area contributed by atoms with Gasteiger partial charge in [-0.2, -0.15) is 0 Å². The van der Waals surface area contributed by atoms with Crippen molar-refractivity contribution in [3.63, 3.8) is 0 Å². The SMILES string of the molecule is CC(C)(C)c1cccc(-c2ccccc2)c1N(c1ccc(-c2ccccc2)cc1)c1ccc2cc3c(cc2c1)oc1cc2cc(N(c4ccc(-c5ccccc5)cc4)c4c(-c5ccccc5)cccc4C(C)(C)C)ccc2cc13. The van der Waals surface area contributed by atoms with Gasteiger partial charge in [-0.1, -0.05) is 236 Å². The molecule has 0 amide bonds. The van der Waals surface area contributed by atoms with Gasteiger partial charge in [0.15, 0.2) is 0 Å². The number of furan rings is 1. The van der Waals surface area contributed by atoms with Gasteiger partial charge in [0.1, 0.15) is 11.2 Å². The first-order valence-electron chi connectivity index (χ1n) is 27.6. The van der Waals surface area contributed by atoms with Crippen molar-refractivity contribution in [2.75, 3.05) is 9.80 Å². The van der Waals surface area contributed by atoms with E-state index in [1.165, 1.54) is 67.0 Å². The second-order valence-corrected chi connectivity index (χ2v) is 23.0. The van der Waals surface area contributed by atoms with Crippen molar-refractivity contribution in [2.45, 2.75) is 52.4 Å². The minimum atomic E-state index is -0.154. The van der Waals surface area contributed by atoms with Gasteiger partial charge in [0.05, 0.1) is 11.4 Å². The van der Waals surface area contributed by atoms with Gasteiger partial charge in [-0.25, -0.2) is 0 Å². The fourth-order valence-corrected chi connectivity index (χ4v) is 11.7. The molecular formula is C76H62N2O. The van der Waals surface area contributed by atoms with E-state index >= 15 is 0 Å². The normalized spacial score (nSPS) is 11.9. The number of benzene rings is 12. The molecule has 0 radical (unpaired) electrons. The van der Waals surface area contributed by atoms with E-state index in [0.29, 0.717) is 0 Å². The van der Waals surface area contributed by atoms with E-state index in [9.17, 15) is 0 Å². The molecule has 0 N–H and O–H groups in total. The van der Waals surface area contributed by atoms with Gasteiger partial charge in [0.25, 0.3) is 0 Å². The Bertz CT molecular complexity index is 4060. The van der Waals surface area contributed by atoms with E-state index in [4.69, 9.17) is 4.42 Å². The molecule has 12 aromatic carbocycles. The highest BCUT2D eigenvalue weighted by Gasteiger charge is 2.29. The Balaban J connectivity index is 0.955. The Kier molecular flexibility index (Phi) is 12.4. The lowest BCUT2D eigenvalue weighted by Gasteiger charge is -2.34. The zero-order valence-corrected chi connectivity index (χ0v) is 45.7. The molecule has 79 heavy (non-hydrogen) atoms. The Morgan fingerprint density at radius 2 is 0.595 bits per heavy atom. The van der Waals surface area contributed by atoms with Crippen LogP contribution in [0.15, 0.2) is 271 Å². The molecule has 0 bridgehead atoms. The molecule has 0 fully saturated rings. The van der Waals surface area contributed by atoms with Crippen LogP contribution in [0.5, 0.6) is 0 Å². The van der Waals surface area contributed by atoms with Gasteiger partial charge in [0.2, 0.25) is 0 Å². The maximum atomic E-state index is 6.97. The molecule has 0 aliphatic rings. The van der Waals surface area contributed by atoms with Crippen LogP contribution in [0.2, 0.25) is 0 Å². The lowest BCUT2D eigenvalue weighted by molar-refractivity contribution is 0.591. The Morgan fingerprint density at radius 3 is 0.949 bits per heavy atom. The summed E-state index contributed by atoms with van der Waals surface area (Å²) in [6.07, 6.45) is 0. The van der Waals surface area contributed by atoms with Crippen LogP contribution < -0.4 is 9.80 Å². The number of hydrogen-bond acceptors (Lipinski definition) is 3. The first-order valence-corrected chi connectivity index (χ1v) is 27.6. The molecule has 1 aromatic heterocycles. The molecular weight excluding hydrogens is 957 g/mol. The van der Waals surface area contributed by atoms with Crippen molar-refractivity contribution in [3.05, 3.63) is 278 Å². The smallest absolute Gasteiger partial charge is 0.136 e. The quantitative estimate of drug-likeness (QED) is 0.136. The predicted molar refractivity (Wildman–Crippen MR) is 337 cm³/mol. The summed E-state index contributed by atoms with van der Waals surface area (Å²) in [5, 5.41) is 6.73. The maximum absolute atomic E-state index is 6.97. The molecule has 0 saturated heterocycles. The third-order valence-electron chi connectivity index (χ3n) is 15.6. The Morgan fingerprint density at radius 1 is 0.266 bits per heavy atom. The molecule has 13 rings (SSSR count). The fourth-order valence-electron chi connectivity index (χ4n) is 11.7. The van der Waals surface area contributed by atoms with Crippen molar-refractivity contribution in [1.29, 1.82) is 0 Å². The van der Waals surface area contributed by atoms with E-state index < -0.39 is 0 Å². The summed E-state index contributed by atoms with van der Waals surface area (Å²) in [4.78, 5) is 4.93. The van der Waals surface area contributed by atoms with E-state index in [0.717, 1.165) is 66.2 Å². The van der Waals surface area contributed by atoms with Gasteiger partial charge in [0, 0.05) is 44.6 Å². The molecule has 0 saturated carbocycles. The topological polar surface area (TPSA) is 19.6 Å². The second kappa shape index (κ2) is 19.8. The van der Waals surface area contributed by atoms with Crippen molar-refractivity contribution in [1.82, 2.24) is 0 Å². The minimum Gasteiger partial charge on any atom is -0.456 e. The van der Waals surface area contributed by atoms with Crippen LogP contribution >= 0.6 is 0 Å². The largest absolute Gasteiger partial charge is 0.456 e. The molecule has 0 atom stereocenters. The van der Waals surface area contributed by atoms with Gasteiger partial charge < -0.3 is 14.2 Å². The summed E-state index contributed by atoms with van der Waals surface area (Å²) in [5.41, 5.74) is 20.1. The van der Waals surface area contributed by atoms with Gasteiger partial charge in [-0.05, 0) is 150 Å². The number of nitrogens with zero attached hydrogens (tertiary/aromatic N) is 2. The van der Waals surface area contributed by atoms with Gasteiger partial charge in [-0.15, -0.1) is 0 Å². The van der Waals surface area contributed by atoms with E-state index in [1.807, 2.05) is 0 Å². The number of hydrogen-bond donors (Lipinski definition) is 0. The zero-order valence-electron chi connectivity index (χ0n) is 45.7. The van der Waals surface area contributed by atoms with Crippen molar-refractivity contribution in [2.24, 2.45) is 0 Å². The van der Waals surface area contributed by atoms with Crippen LogP contribution in [-0.4, -0.2) is 0 Å². The number of anilines is 6. The molecule has 0 unspecified atom stereocenters. The van der Waals surface area contributed by atoms with Crippen LogP contribution in [0, 0.1) is 0 Å². The maximum Gasteiger partial charge on any atom is 0.136 e. The van der Waals surface area contributed by atoms with Crippen molar-refractivity contribution >= 4 is 77.6 Å². The first-order chi connectivity index (χ1) is 38.4. The monoisotopic (exact) mass is 1020 g/mol. The molecule has 0 aliphatic heterocycles. The summed E-state index contributed by atoms with van der Waals surface area (Å²) < 4.78 is 6.97. The minimum absolute atomic E-state index is 0.154. The molecule has 0 spiro atoms. The second-order valence-electron chi connectivity index (χ2n) is 23.0. The zero-order chi connectivity index (χ0) is 53.8. The highest BCUT2D eigenvalue weighted by molar-refractivity contribution is 6.14. The van der Waals surface area contributed by atoms with Crippen molar-refractivity contribution < 1.29 is 4.42 Å². The van der Waals surface area contributed by atoms with Crippen LogP contribution in [-0.2, 0) is 10.8 Å². The van der Waals surface area contributed by atoms with E-state index in [-0.39, 0.29) is 10.8 Å². The number of fused-ring (bicyclic) bond motifs is 5. The summed E-state index contributed by atoms with van der Waals surface area (Å²) in [5.74, 6) is 0. The highest BCUT2D eigenvalue weighted by atomic mass is 16.3. The Labute approximate surface area is 464 Å². The molecule has 3 heteroatoms. The summed E-state index contributed by atoms with van der Waals surface area (Å²) >= 11 is 0. The molecule has 382 valence electrons. The lowest BCUT2D eigenvalue weighted by atomic mass is 9.82. The molecule has 13 aromatic rings. The summed E-state index contributed by atoms with van der Waals surface area (Å²) in [6, 6.07) is 97.4. The number of rotatable bonds is 10. The predicted octanol–water partition coefficient (Wildman–Crippen LogP) is 22.1. The fraction of sp³-hybridized carbons (Fsp3) is 0.105. The van der Waals surface area contributed by atoms with E-state index in [2.05, 4.69) is 318 Å². The van der Waals surface area contributed by atoms with Crippen LogP contribution in [0.3, 0.4) is 0 Å². The van der Waals surface area contributed by atoms with Gasteiger partial charge in [-0.3, -0.25) is 0 Å². The van der Waals surface area contributed by atoms with Gasteiger partial charge >= 0.3 is 0 Å². The van der Waals surface area contributed by atoms with Crippen molar-refractivity contribution in [3.8, 4) is 44.5 Å². The third kappa shape index (κ3) is 9.32. The third-order valence-corrected chi connectivity index (χ3v) is 15.6. The van der Waals surface area contributed by atoms with Crippen LogP contribution in [0.1, 0.15) is 52.7 Å². The summed E-state index contributed by atoms with van der Waals surface area (Å²) in [7, 11) is 0. The van der Waals surface area contributed by atoms with Crippen LogP contribution in [0.25, 0.3) is 88.0 Å². The first kappa shape index (κ1) is 49.2. The molecule has 1 heterocycles. The van der Waals surface area contributed by atoms with E-state index in [1.54, 1.807) is 0 Å². The average Bonchev–Trinajstić information content (AvgIpc) is 4.11. The average molecular weight is 1020 g/mol. The number of para-hydroxylation sites is 2. The summed E-state index contributed by atoms with van der Waals surface area (Å²) in [6.45, 7) is 13.9. The Hall–Kier alpha value is -9.44. The highest BCUT2D eigenvalue weighted by Crippen LogP contribution is 2.50. The lowest BCUT2D eigenvalue weighted by Crippen LogP contribution is -2.20.